The van der Waals surface area contributed by atoms with E-state index in [0.29, 0.717) is 31.4 Å². The van der Waals surface area contributed by atoms with Crippen molar-refractivity contribution in [2.75, 3.05) is 20.3 Å². The zero-order valence-corrected chi connectivity index (χ0v) is 13.0. The first kappa shape index (κ1) is 14.8. The van der Waals surface area contributed by atoms with Gasteiger partial charge in [-0.3, -0.25) is 4.79 Å². The van der Waals surface area contributed by atoms with Crippen molar-refractivity contribution < 1.29 is 14.1 Å². The monoisotopic (exact) mass is 303 g/mol. The van der Waals surface area contributed by atoms with Crippen LogP contribution in [0.2, 0.25) is 0 Å². The largest absolute Gasteiger partial charge is 0.385 e. The number of aromatic nitrogens is 2. The molecule has 3 rings (SSSR count). The Hall–Kier alpha value is -2.08. The molecule has 1 aliphatic heterocycles. The van der Waals surface area contributed by atoms with Crippen molar-refractivity contribution in [1.29, 1.82) is 0 Å². The average Bonchev–Trinajstić information content (AvgIpc) is 3.09. The summed E-state index contributed by atoms with van der Waals surface area (Å²) in [5.74, 6) is 0.572. The molecule has 0 N–H and O–H groups in total. The minimum Gasteiger partial charge on any atom is -0.385 e. The average molecular weight is 303 g/mol. The van der Waals surface area contributed by atoms with Crippen LogP contribution in [0.25, 0.3) is 0 Å². The van der Waals surface area contributed by atoms with E-state index >= 15 is 0 Å². The first-order chi connectivity index (χ1) is 10.7. The van der Waals surface area contributed by atoms with Gasteiger partial charge in [-0.05, 0) is 31.4 Å². The third-order valence-corrected chi connectivity index (χ3v) is 4.07. The molecule has 0 saturated heterocycles. The number of ether oxygens (including phenoxy) is 1. The summed E-state index contributed by atoms with van der Waals surface area (Å²) in [5.41, 5.74) is 1.86. The zero-order chi connectivity index (χ0) is 15.5. The summed E-state index contributed by atoms with van der Waals surface area (Å²) in [6.07, 6.45) is 3.00. The van der Waals surface area contributed by atoms with Crippen LogP contribution in [0.5, 0.6) is 0 Å². The van der Waals surface area contributed by atoms with E-state index in [2.05, 4.69) is 22.0 Å². The summed E-state index contributed by atoms with van der Waals surface area (Å²) in [6, 6.07) is 5.77. The van der Waals surface area contributed by atoms with E-state index in [1.165, 1.54) is 0 Å². The summed E-state index contributed by atoms with van der Waals surface area (Å²) in [4.78, 5) is 14.5. The Morgan fingerprint density at radius 3 is 3.09 bits per heavy atom. The Balaban J connectivity index is 1.82. The van der Waals surface area contributed by atoms with Crippen molar-refractivity contribution in [3.05, 3.63) is 41.5 Å². The fraction of sp³-hybridized carbons (Fsp3) is 0.500. The molecule has 0 aromatic carbocycles. The molecule has 0 bridgehead atoms. The fourth-order valence-electron chi connectivity index (χ4n) is 2.92. The molecule has 6 heteroatoms. The molecule has 0 saturated carbocycles. The van der Waals surface area contributed by atoms with E-state index < -0.39 is 0 Å². The van der Waals surface area contributed by atoms with Crippen LogP contribution in [-0.4, -0.2) is 40.8 Å². The number of nitrogens with zero attached hydrogens (tertiary/aromatic N) is 3. The highest BCUT2D eigenvalue weighted by Gasteiger charge is 2.27. The van der Waals surface area contributed by atoms with Gasteiger partial charge in [-0.15, -0.1) is 0 Å². The zero-order valence-electron chi connectivity index (χ0n) is 13.0. The van der Waals surface area contributed by atoms with Gasteiger partial charge in [0.25, 0.3) is 5.91 Å². The minimum absolute atomic E-state index is 0.0994. The number of rotatable bonds is 4. The van der Waals surface area contributed by atoms with Crippen molar-refractivity contribution >= 4 is 5.91 Å². The topological polar surface area (TPSA) is 60.5 Å². The number of aryl methyl sites for hydroxylation is 1. The molecule has 0 spiro atoms. The molecule has 3 heterocycles. The molecule has 0 aliphatic carbocycles. The summed E-state index contributed by atoms with van der Waals surface area (Å²) < 4.78 is 12.6. The van der Waals surface area contributed by atoms with E-state index in [1.807, 2.05) is 17.9 Å². The standard InChI is InChI=1S/C16H21N3O3/c1-12-8-15(22-17-12)16(20)19-10-13(5-7-21-2)9-18-6-3-4-14(18)11-19/h3-4,6,8,13H,5,7,9-11H2,1-2H3/t13-/m0/s1. The molecule has 22 heavy (non-hydrogen) atoms. The van der Waals surface area contributed by atoms with Gasteiger partial charge in [0.05, 0.1) is 12.2 Å². The molecule has 0 radical (unpaired) electrons. The van der Waals surface area contributed by atoms with Crippen molar-refractivity contribution in [1.82, 2.24) is 14.6 Å². The number of carbonyl (C=O) groups excluding carboxylic acids is 1. The maximum Gasteiger partial charge on any atom is 0.292 e. The third-order valence-electron chi connectivity index (χ3n) is 4.07. The third kappa shape index (κ3) is 3.06. The van der Waals surface area contributed by atoms with Crippen molar-refractivity contribution in [3.63, 3.8) is 0 Å². The summed E-state index contributed by atoms with van der Waals surface area (Å²) in [6.45, 7) is 4.71. The fourth-order valence-corrected chi connectivity index (χ4v) is 2.92. The number of fused-ring (bicyclic) bond motifs is 1. The van der Waals surface area contributed by atoms with Gasteiger partial charge in [-0.2, -0.15) is 0 Å². The van der Waals surface area contributed by atoms with Crippen LogP contribution in [0.4, 0.5) is 0 Å². The number of hydrogen-bond acceptors (Lipinski definition) is 4. The van der Waals surface area contributed by atoms with E-state index in [1.54, 1.807) is 13.2 Å². The highest BCUT2D eigenvalue weighted by atomic mass is 16.5. The highest BCUT2D eigenvalue weighted by Crippen LogP contribution is 2.21. The Morgan fingerprint density at radius 1 is 1.50 bits per heavy atom. The van der Waals surface area contributed by atoms with Gasteiger partial charge in [-0.25, -0.2) is 0 Å². The van der Waals surface area contributed by atoms with Crippen LogP contribution in [0.3, 0.4) is 0 Å². The van der Waals surface area contributed by atoms with E-state index in [0.717, 1.165) is 24.4 Å². The van der Waals surface area contributed by atoms with E-state index in [9.17, 15) is 4.79 Å². The summed E-state index contributed by atoms with van der Waals surface area (Å²) >= 11 is 0. The lowest BCUT2D eigenvalue weighted by atomic mass is 10.1. The number of amides is 1. The van der Waals surface area contributed by atoms with Crippen molar-refractivity contribution in [2.45, 2.75) is 26.4 Å². The molecule has 1 aliphatic rings. The lowest BCUT2D eigenvalue weighted by Crippen LogP contribution is -2.34. The second kappa shape index (κ2) is 6.36. The maximum absolute atomic E-state index is 12.7. The van der Waals surface area contributed by atoms with Crippen molar-refractivity contribution in [2.24, 2.45) is 5.92 Å². The smallest absolute Gasteiger partial charge is 0.292 e. The predicted molar refractivity (Wildman–Crippen MR) is 80.4 cm³/mol. The Kier molecular flexibility index (Phi) is 4.29. The van der Waals surface area contributed by atoms with Gasteiger partial charge in [-0.1, -0.05) is 5.16 Å². The van der Waals surface area contributed by atoms with Crippen LogP contribution in [-0.2, 0) is 17.8 Å². The second-order valence-electron chi connectivity index (χ2n) is 5.82. The summed E-state index contributed by atoms with van der Waals surface area (Å²) in [5, 5.41) is 3.81. The number of hydrogen-bond donors (Lipinski definition) is 0. The molecule has 0 unspecified atom stereocenters. The summed E-state index contributed by atoms with van der Waals surface area (Å²) in [7, 11) is 1.71. The molecule has 2 aromatic heterocycles. The quantitative estimate of drug-likeness (QED) is 0.868. The van der Waals surface area contributed by atoms with Crippen LogP contribution >= 0.6 is 0 Å². The van der Waals surface area contributed by atoms with E-state index in [4.69, 9.17) is 9.26 Å². The molecule has 2 aromatic rings. The maximum atomic E-state index is 12.7. The van der Waals surface area contributed by atoms with Crippen LogP contribution < -0.4 is 0 Å². The van der Waals surface area contributed by atoms with E-state index in [-0.39, 0.29) is 5.91 Å². The van der Waals surface area contributed by atoms with Gasteiger partial charge < -0.3 is 18.7 Å². The molecule has 0 fully saturated rings. The molecule has 1 amide bonds. The van der Waals surface area contributed by atoms with Gasteiger partial charge >= 0.3 is 0 Å². The first-order valence-corrected chi connectivity index (χ1v) is 7.53. The number of methoxy groups -OCH3 is 1. The molecule has 6 nitrogen and oxygen atoms in total. The normalized spacial score (nSPS) is 18.1. The Bertz CT molecular complexity index is 647. The predicted octanol–water partition coefficient (Wildman–Crippen LogP) is 2.09. The first-order valence-electron chi connectivity index (χ1n) is 7.53. The molecular weight excluding hydrogens is 282 g/mol. The van der Waals surface area contributed by atoms with Crippen LogP contribution in [0.1, 0.15) is 28.4 Å². The van der Waals surface area contributed by atoms with Gasteiger partial charge in [0, 0.05) is 44.8 Å². The highest BCUT2D eigenvalue weighted by molar-refractivity contribution is 5.91. The van der Waals surface area contributed by atoms with Crippen LogP contribution in [0.15, 0.2) is 28.9 Å². The second-order valence-corrected chi connectivity index (χ2v) is 5.82. The minimum atomic E-state index is -0.0994. The molecule has 1 atom stereocenters. The van der Waals surface area contributed by atoms with Gasteiger partial charge in [0.1, 0.15) is 0 Å². The Labute approximate surface area is 129 Å². The molecular formula is C16H21N3O3. The van der Waals surface area contributed by atoms with Gasteiger partial charge in [0.2, 0.25) is 5.76 Å². The van der Waals surface area contributed by atoms with Gasteiger partial charge in [0.15, 0.2) is 0 Å². The van der Waals surface area contributed by atoms with Crippen LogP contribution in [0, 0.1) is 12.8 Å². The lowest BCUT2D eigenvalue weighted by Gasteiger charge is -2.23. The molecule has 118 valence electrons. The Morgan fingerprint density at radius 2 is 2.36 bits per heavy atom. The SMILES string of the molecule is COCC[C@@H]1CN(C(=O)c2cc(C)no2)Cc2cccn2C1. The number of carbonyl (C=O) groups is 1. The van der Waals surface area contributed by atoms with Crippen molar-refractivity contribution in [3.8, 4) is 0 Å². The lowest BCUT2D eigenvalue weighted by molar-refractivity contribution is 0.0663.